The van der Waals surface area contributed by atoms with Crippen LogP contribution in [0.4, 0.5) is 0 Å². The first kappa shape index (κ1) is 11.7. The summed E-state index contributed by atoms with van der Waals surface area (Å²) < 4.78 is 6.79. The zero-order valence-corrected chi connectivity index (χ0v) is 11.1. The molecule has 0 bridgehead atoms. The predicted octanol–water partition coefficient (Wildman–Crippen LogP) is 3.05. The molecule has 86 valence electrons. The van der Waals surface area contributed by atoms with Crippen LogP contribution >= 0.6 is 15.9 Å². The molecular formula is C13H16BrNO. The molecule has 0 unspecified atom stereocenters. The van der Waals surface area contributed by atoms with Crippen LogP contribution in [0.5, 0.6) is 5.75 Å². The molecule has 1 N–H and O–H groups in total. The van der Waals surface area contributed by atoms with Gasteiger partial charge < -0.3 is 10.1 Å². The molecule has 1 aliphatic heterocycles. The molecule has 2 rings (SSSR count). The van der Waals surface area contributed by atoms with Crippen LogP contribution in [0.15, 0.2) is 28.8 Å². The molecule has 0 saturated carbocycles. The predicted molar refractivity (Wildman–Crippen MR) is 69.9 cm³/mol. The molecular weight excluding hydrogens is 266 g/mol. The summed E-state index contributed by atoms with van der Waals surface area (Å²) in [5.74, 6) is 1.07. The standard InChI is InChI=1S/C13H16BrNO/c1-9(2)7-15-8-11-6-12(14)5-10-3-4-16-13(10)11/h5-6,15H,1,3-4,7-8H2,2H3. The van der Waals surface area contributed by atoms with Crippen LogP contribution in [-0.2, 0) is 13.0 Å². The fraction of sp³-hybridized carbons (Fsp3) is 0.385. The van der Waals surface area contributed by atoms with Gasteiger partial charge in [0.15, 0.2) is 0 Å². The normalized spacial score (nSPS) is 13.4. The quantitative estimate of drug-likeness (QED) is 0.857. The number of fused-ring (bicyclic) bond motifs is 1. The molecule has 0 spiro atoms. The third kappa shape index (κ3) is 2.66. The Kier molecular flexibility index (Phi) is 3.66. The summed E-state index contributed by atoms with van der Waals surface area (Å²) in [6.45, 7) is 8.38. The van der Waals surface area contributed by atoms with Gasteiger partial charge >= 0.3 is 0 Å². The van der Waals surface area contributed by atoms with Gasteiger partial charge in [-0.25, -0.2) is 0 Å². The van der Waals surface area contributed by atoms with Crippen LogP contribution in [0.25, 0.3) is 0 Å². The van der Waals surface area contributed by atoms with E-state index in [0.717, 1.165) is 41.9 Å². The van der Waals surface area contributed by atoms with E-state index in [1.54, 1.807) is 0 Å². The summed E-state index contributed by atoms with van der Waals surface area (Å²) in [4.78, 5) is 0. The smallest absolute Gasteiger partial charge is 0.127 e. The van der Waals surface area contributed by atoms with E-state index < -0.39 is 0 Å². The number of halogens is 1. The second-order valence-electron chi connectivity index (χ2n) is 4.21. The highest BCUT2D eigenvalue weighted by atomic mass is 79.9. The maximum atomic E-state index is 5.66. The molecule has 2 nitrogen and oxygen atoms in total. The van der Waals surface area contributed by atoms with Gasteiger partial charge in [-0.15, -0.1) is 0 Å². The highest BCUT2D eigenvalue weighted by Crippen LogP contribution is 2.32. The van der Waals surface area contributed by atoms with Crippen molar-refractivity contribution in [1.29, 1.82) is 0 Å². The second-order valence-corrected chi connectivity index (χ2v) is 5.13. The zero-order chi connectivity index (χ0) is 11.5. The molecule has 0 saturated heterocycles. The SMILES string of the molecule is C=C(C)CNCc1cc(Br)cc2c1OCC2. The number of benzene rings is 1. The van der Waals surface area contributed by atoms with E-state index in [2.05, 4.69) is 40.0 Å². The van der Waals surface area contributed by atoms with Crippen molar-refractivity contribution >= 4 is 15.9 Å². The Morgan fingerprint density at radius 1 is 1.56 bits per heavy atom. The molecule has 0 aromatic heterocycles. The number of hydrogen-bond donors (Lipinski definition) is 1. The van der Waals surface area contributed by atoms with Crippen molar-refractivity contribution in [2.75, 3.05) is 13.2 Å². The number of hydrogen-bond acceptors (Lipinski definition) is 2. The van der Waals surface area contributed by atoms with E-state index in [1.165, 1.54) is 11.1 Å². The molecule has 0 radical (unpaired) electrons. The molecule has 0 atom stereocenters. The molecule has 0 amide bonds. The van der Waals surface area contributed by atoms with E-state index in [0.29, 0.717) is 0 Å². The maximum absolute atomic E-state index is 5.66. The van der Waals surface area contributed by atoms with Crippen molar-refractivity contribution in [3.05, 3.63) is 39.9 Å². The Balaban J connectivity index is 2.11. The number of ether oxygens (including phenoxy) is 1. The van der Waals surface area contributed by atoms with E-state index in [1.807, 2.05) is 6.92 Å². The molecule has 1 aromatic rings. The van der Waals surface area contributed by atoms with Crippen molar-refractivity contribution < 1.29 is 4.74 Å². The minimum Gasteiger partial charge on any atom is -0.493 e. The Labute approximate surface area is 105 Å². The van der Waals surface area contributed by atoms with Gasteiger partial charge in [0.05, 0.1) is 6.61 Å². The van der Waals surface area contributed by atoms with E-state index >= 15 is 0 Å². The van der Waals surface area contributed by atoms with Crippen molar-refractivity contribution in [2.24, 2.45) is 0 Å². The minimum atomic E-state index is 0.805. The summed E-state index contributed by atoms with van der Waals surface area (Å²) in [5, 5.41) is 3.36. The molecule has 16 heavy (non-hydrogen) atoms. The molecule has 1 aliphatic rings. The number of nitrogens with one attached hydrogen (secondary N) is 1. The second kappa shape index (κ2) is 5.02. The Morgan fingerprint density at radius 3 is 3.12 bits per heavy atom. The summed E-state index contributed by atoms with van der Waals surface area (Å²) in [6.07, 6.45) is 1.02. The van der Waals surface area contributed by atoms with Gasteiger partial charge in [-0.2, -0.15) is 0 Å². The van der Waals surface area contributed by atoms with Gasteiger partial charge in [0.1, 0.15) is 5.75 Å². The van der Waals surface area contributed by atoms with Crippen LogP contribution in [0.3, 0.4) is 0 Å². The van der Waals surface area contributed by atoms with Crippen molar-refractivity contribution in [3.8, 4) is 5.75 Å². The summed E-state index contributed by atoms with van der Waals surface area (Å²) in [5.41, 5.74) is 3.68. The van der Waals surface area contributed by atoms with Crippen LogP contribution in [0.1, 0.15) is 18.1 Å². The molecule has 1 aromatic carbocycles. The van der Waals surface area contributed by atoms with Gasteiger partial charge in [0.25, 0.3) is 0 Å². The highest BCUT2D eigenvalue weighted by Gasteiger charge is 2.16. The fourth-order valence-corrected chi connectivity index (χ4v) is 2.44. The fourth-order valence-electron chi connectivity index (χ4n) is 1.89. The average Bonchev–Trinajstić information content (AvgIpc) is 2.64. The van der Waals surface area contributed by atoms with Crippen molar-refractivity contribution in [2.45, 2.75) is 19.9 Å². The largest absolute Gasteiger partial charge is 0.493 e. The third-order valence-electron chi connectivity index (χ3n) is 2.57. The first-order valence-electron chi connectivity index (χ1n) is 5.46. The van der Waals surface area contributed by atoms with Crippen molar-refractivity contribution in [1.82, 2.24) is 5.32 Å². The molecule has 1 heterocycles. The average molecular weight is 282 g/mol. The number of rotatable bonds is 4. The van der Waals surface area contributed by atoms with Gasteiger partial charge in [-0.3, -0.25) is 0 Å². The van der Waals surface area contributed by atoms with Crippen LogP contribution < -0.4 is 10.1 Å². The summed E-state index contributed by atoms with van der Waals surface area (Å²) in [7, 11) is 0. The van der Waals surface area contributed by atoms with Gasteiger partial charge in [0.2, 0.25) is 0 Å². The maximum Gasteiger partial charge on any atom is 0.127 e. The summed E-state index contributed by atoms with van der Waals surface area (Å²) >= 11 is 3.54. The van der Waals surface area contributed by atoms with Crippen LogP contribution in [0, 0.1) is 0 Å². The van der Waals surface area contributed by atoms with Gasteiger partial charge in [0, 0.05) is 29.5 Å². The Hall–Kier alpha value is -0.800. The Morgan fingerprint density at radius 2 is 2.38 bits per heavy atom. The van der Waals surface area contributed by atoms with Crippen LogP contribution in [0.2, 0.25) is 0 Å². The topological polar surface area (TPSA) is 21.3 Å². The highest BCUT2D eigenvalue weighted by molar-refractivity contribution is 9.10. The van der Waals surface area contributed by atoms with Crippen LogP contribution in [-0.4, -0.2) is 13.2 Å². The van der Waals surface area contributed by atoms with Gasteiger partial charge in [-0.05, 0) is 24.6 Å². The first-order valence-corrected chi connectivity index (χ1v) is 6.25. The summed E-state index contributed by atoms with van der Waals surface area (Å²) in [6, 6.07) is 4.26. The lowest BCUT2D eigenvalue weighted by Gasteiger charge is -2.10. The minimum absolute atomic E-state index is 0.805. The monoisotopic (exact) mass is 281 g/mol. The Bertz CT molecular complexity index is 415. The van der Waals surface area contributed by atoms with E-state index in [-0.39, 0.29) is 0 Å². The molecule has 0 fully saturated rings. The lowest BCUT2D eigenvalue weighted by atomic mass is 10.1. The molecule has 0 aliphatic carbocycles. The zero-order valence-electron chi connectivity index (χ0n) is 9.48. The first-order chi connectivity index (χ1) is 7.66. The third-order valence-corrected chi connectivity index (χ3v) is 3.03. The van der Waals surface area contributed by atoms with Gasteiger partial charge in [-0.1, -0.05) is 28.1 Å². The van der Waals surface area contributed by atoms with Crippen molar-refractivity contribution in [3.63, 3.8) is 0 Å². The lowest BCUT2D eigenvalue weighted by Crippen LogP contribution is -2.15. The lowest BCUT2D eigenvalue weighted by molar-refractivity contribution is 0.352. The van der Waals surface area contributed by atoms with E-state index in [4.69, 9.17) is 4.74 Å². The molecule has 3 heteroatoms. The van der Waals surface area contributed by atoms with E-state index in [9.17, 15) is 0 Å².